The molecule has 4 heteroatoms. The van der Waals surface area contributed by atoms with E-state index in [1.165, 1.54) is 6.07 Å². The number of para-hydroxylation sites is 1. The second-order valence-corrected chi connectivity index (χ2v) is 5.00. The molecule has 0 saturated heterocycles. The van der Waals surface area contributed by atoms with Crippen molar-refractivity contribution in [3.63, 3.8) is 0 Å². The lowest BCUT2D eigenvalue weighted by Gasteiger charge is -2.09. The maximum Gasteiger partial charge on any atom is 0.200 e. The molecule has 0 unspecified atom stereocenters. The molecule has 4 rings (SSSR count). The Morgan fingerprint density at radius 3 is 2.38 bits per heavy atom. The average Bonchev–Trinajstić information content (AvgIpc) is 2.50. The predicted octanol–water partition coefficient (Wildman–Crippen LogP) is 3.66. The van der Waals surface area contributed by atoms with Crippen molar-refractivity contribution < 1.29 is 15.3 Å². The van der Waals surface area contributed by atoms with Crippen LogP contribution in [-0.4, -0.2) is 20.3 Å². The molecular formula is C17H11NO3. The van der Waals surface area contributed by atoms with E-state index in [0.29, 0.717) is 10.8 Å². The van der Waals surface area contributed by atoms with E-state index in [1.807, 2.05) is 36.4 Å². The van der Waals surface area contributed by atoms with Crippen molar-refractivity contribution in [2.45, 2.75) is 0 Å². The summed E-state index contributed by atoms with van der Waals surface area (Å²) >= 11 is 0. The minimum atomic E-state index is -0.511. The molecule has 3 aromatic carbocycles. The number of hydrogen-bond acceptors (Lipinski definition) is 4. The lowest BCUT2D eigenvalue weighted by molar-refractivity contribution is 0.371. The second-order valence-electron chi connectivity index (χ2n) is 5.00. The molecule has 4 nitrogen and oxygen atoms in total. The molecule has 0 radical (unpaired) electrons. The van der Waals surface area contributed by atoms with E-state index >= 15 is 0 Å². The van der Waals surface area contributed by atoms with Crippen molar-refractivity contribution in [3.8, 4) is 17.2 Å². The number of phenolic OH excluding ortho intramolecular Hbond substituents is 3. The van der Waals surface area contributed by atoms with Crippen molar-refractivity contribution in [1.82, 2.24) is 4.98 Å². The fourth-order valence-electron chi connectivity index (χ4n) is 2.71. The first kappa shape index (κ1) is 11.8. The summed E-state index contributed by atoms with van der Waals surface area (Å²) in [6.07, 6.45) is 0. The molecule has 4 aromatic rings. The van der Waals surface area contributed by atoms with Crippen LogP contribution in [0.2, 0.25) is 0 Å². The van der Waals surface area contributed by atoms with Gasteiger partial charge in [0.2, 0.25) is 5.75 Å². The number of aromatic nitrogens is 1. The molecule has 0 aliphatic heterocycles. The molecule has 0 fully saturated rings. The van der Waals surface area contributed by atoms with Crippen LogP contribution in [0.5, 0.6) is 17.2 Å². The first-order valence-electron chi connectivity index (χ1n) is 6.51. The summed E-state index contributed by atoms with van der Waals surface area (Å²) in [5.74, 6) is -1.18. The monoisotopic (exact) mass is 277 g/mol. The SMILES string of the molecule is Oc1cc2ccc3nc4ccccc4cc3c2c(O)c1O. The maximum absolute atomic E-state index is 10.2. The molecule has 0 spiro atoms. The highest BCUT2D eigenvalue weighted by molar-refractivity contribution is 6.13. The van der Waals surface area contributed by atoms with Crippen molar-refractivity contribution in [1.29, 1.82) is 0 Å². The van der Waals surface area contributed by atoms with Crippen molar-refractivity contribution in [3.05, 3.63) is 48.5 Å². The molecule has 0 saturated carbocycles. The van der Waals surface area contributed by atoms with E-state index in [1.54, 1.807) is 6.07 Å². The molecule has 0 aliphatic carbocycles. The van der Waals surface area contributed by atoms with Gasteiger partial charge in [0, 0.05) is 16.2 Å². The van der Waals surface area contributed by atoms with E-state index in [9.17, 15) is 15.3 Å². The minimum absolute atomic E-state index is 0.326. The molecule has 0 aliphatic rings. The van der Waals surface area contributed by atoms with Gasteiger partial charge in [-0.15, -0.1) is 0 Å². The van der Waals surface area contributed by atoms with Gasteiger partial charge in [0.15, 0.2) is 11.5 Å². The first-order chi connectivity index (χ1) is 10.1. The van der Waals surface area contributed by atoms with Gasteiger partial charge in [-0.25, -0.2) is 4.98 Å². The van der Waals surface area contributed by atoms with Crippen LogP contribution in [0.25, 0.3) is 32.6 Å². The van der Waals surface area contributed by atoms with Crippen LogP contribution in [0.1, 0.15) is 0 Å². The van der Waals surface area contributed by atoms with Crippen LogP contribution < -0.4 is 0 Å². The van der Waals surface area contributed by atoms with E-state index in [-0.39, 0.29) is 11.5 Å². The summed E-state index contributed by atoms with van der Waals surface area (Å²) in [5, 5.41) is 32.4. The Labute approximate surface area is 119 Å². The van der Waals surface area contributed by atoms with E-state index in [4.69, 9.17) is 0 Å². The molecule has 1 heterocycles. The van der Waals surface area contributed by atoms with Crippen LogP contribution in [0.3, 0.4) is 0 Å². The van der Waals surface area contributed by atoms with E-state index in [0.717, 1.165) is 21.8 Å². The Kier molecular flexibility index (Phi) is 2.24. The third-order valence-electron chi connectivity index (χ3n) is 3.73. The molecule has 0 amide bonds. The van der Waals surface area contributed by atoms with Gasteiger partial charge in [0.05, 0.1) is 11.0 Å². The molecule has 0 atom stereocenters. The number of hydrogen-bond donors (Lipinski definition) is 3. The normalized spacial score (nSPS) is 11.4. The molecule has 1 aromatic heterocycles. The summed E-state index contributed by atoms with van der Waals surface area (Å²) in [6.45, 7) is 0. The van der Waals surface area contributed by atoms with Crippen LogP contribution in [-0.2, 0) is 0 Å². The Balaban J connectivity index is 2.27. The van der Waals surface area contributed by atoms with Crippen LogP contribution in [0, 0.1) is 0 Å². The summed E-state index contributed by atoms with van der Waals surface area (Å²) in [7, 11) is 0. The van der Waals surface area contributed by atoms with Gasteiger partial charge in [0.1, 0.15) is 0 Å². The first-order valence-corrected chi connectivity index (χ1v) is 6.51. The molecule has 3 N–H and O–H groups in total. The number of phenols is 3. The number of pyridine rings is 1. The van der Waals surface area contributed by atoms with E-state index in [2.05, 4.69) is 4.98 Å². The topological polar surface area (TPSA) is 73.6 Å². The van der Waals surface area contributed by atoms with E-state index < -0.39 is 5.75 Å². The zero-order chi connectivity index (χ0) is 14.6. The predicted molar refractivity (Wildman–Crippen MR) is 81.7 cm³/mol. The lowest BCUT2D eigenvalue weighted by atomic mass is 10.0. The number of nitrogens with zero attached hydrogens (tertiary/aromatic N) is 1. The number of benzene rings is 3. The van der Waals surface area contributed by atoms with Gasteiger partial charge in [0.25, 0.3) is 0 Å². The van der Waals surface area contributed by atoms with Gasteiger partial charge >= 0.3 is 0 Å². The van der Waals surface area contributed by atoms with Crippen LogP contribution in [0.4, 0.5) is 0 Å². The van der Waals surface area contributed by atoms with Gasteiger partial charge in [-0.05, 0) is 29.7 Å². The van der Waals surface area contributed by atoms with Crippen LogP contribution >= 0.6 is 0 Å². The minimum Gasteiger partial charge on any atom is -0.504 e. The molecule has 21 heavy (non-hydrogen) atoms. The zero-order valence-electron chi connectivity index (χ0n) is 10.9. The number of rotatable bonds is 0. The molecule has 102 valence electrons. The highest BCUT2D eigenvalue weighted by Gasteiger charge is 2.14. The van der Waals surface area contributed by atoms with Gasteiger partial charge in [-0.1, -0.05) is 24.3 Å². The fraction of sp³-hybridized carbons (Fsp3) is 0. The van der Waals surface area contributed by atoms with Crippen molar-refractivity contribution in [2.24, 2.45) is 0 Å². The maximum atomic E-state index is 10.2. The van der Waals surface area contributed by atoms with Gasteiger partial charge in [-0.2, -0.15) is 0 Å². The highest BCUT2D eigenvalue weighted by atomic mass is 16.3. The third kappa shape index (κ3) is 1.59. The summed E-state index contributed by atoms with van der Waals surface area (Å²) < 4.78 is 0. The Bertz CT molecular complexity index is 1020. The number of fused-ring (bicyclic) bond motifs is 4. The largest absolute Gasteiger partial charge is 0.504 e. The summed E-state index contributed by atoms with van der Waals surface area (Å²) in [6, 6.07) is 14.7. The Morgan fingerprint density at radius 2 is 1.52 bits per heavy atom. The third-order valence-corrected chi connectivity index (χ3v) is 3.73. The lowest BCUT2D eigenvalue weighted by Crippen LogP contribution is -1.85. The molecular weight excluding hydrogens is 266 g/mol. The smallest absolute Gasteiger partial charge is 0.200 e. The van der Waals surface area contributed by atoms with Gasteiger partial charge < -0.3 is 15.3 Å². The average molecular weight is 277 g/mol. The Morgan fingerprint density at radius 1 is 0.714 bits per heavy atom. The van der Waals surface area contributed by atoms with Gasteiger partial charge in [-0.3, -0.25) is 0 Å². The van der Waals surface area contributed by atoms with Crippen molar-refractivity contribution >= 4 is 32.6 Å². The zero-order valence-corrected chi connectivity index (χ0v) is 10.9. The highest BCUT2D eigenvalue weighted by Crippen LogP contribution is 2.44. The fourth-order valence-corrected chi connectivity index (χ4v) is 2.71. The molecule has 0 bridgehead atoms. The van der Waals surface area contributed by atoms with Crippen LogP contribution in [0.15, 0.2) is 48.5 Å². The second kappa shape index (κ2) is 3.99. The summed E-state index contributed by atoms with van der Waals surface area (Å²) in [4.78, 5) is 4.57. The standard InChI is InChI=1S/C17H11NO3/c19-14-8-10-5-6-13-11(15(10)17(21)16(14)20)7-9-3-1-2-4-12(9)18-13/h1-8,19-21H. The van der Waals surface area contributed by atoms with Crippen molar-refractivity contribution in [2.75, 3.05) is 0 Å². The Hall–Kier alpha value is -3.01. The quantitative estimate of drug-likeness (QED) is 0.260. The summed E-state index contributed by atoms with van der Waals surface area (Å²) in [5.41, 5.74) is 1.59. The number of aromatic hydroxyl groups is 3.